The number of hydrogen-bond donors (Lipinski definition) is 0. The zero-order chi connectivity index (χ0) is 12.5. The molecule has 1 aliphatic heterocycles. The van der Waals surface area contributed by atoms with Crippen molar-refractivity contribution in [1.82, 2.24) is 0 Å². The minimum Gasteiger partial charge on any atom is -0.454 e. The van der Waals surface area contributed by atoms with E-state index in [1.54, 1.807) is 0 Å². The van der Waals surface area contributed by atoms with E-state index in [1.807, 2.05) is 24.4 Å². The second-order valence-corrected chi connectivity index (χ2v) is 4.56. The third-order valence-electron chi connectivity index (χ3n) is 3.16. The van der Waals surface area contributed by atoms with Crippen LogP contribution in [0.2, 0.25) is 0 Å². The lowest BCUT2D eigenvalue weighted by molar-refractivity contribution is 0.484. The summed E-state index contributed by atoms with van der Waals surface area (Å²) in [4.78, 5) is 4.47. The van der Waals surface area contributed by atoms with Crippen LogP contribution in [-0.4, -0.2) is 6.21 Å². The summed E-state index contributed by atoms with van der Waals surface area (Å²) in [5, 5.41) is 0. The van der Waals surface area contributed by atoms with Gasteiger partial charge in [0.1, 0.15) is 11.4 Å². The van der Waals surface area contributed by atoms with Gasteiger partial charge >= 0.3 is 0 Å². The first-order valence-electron chi connectivity index (χ1n) is 6.22. The maximum absolute atomic E-state index is 6.00. The van der Waals surface area contributed by atoms with Gasteiger partial charge in [-0.2, -0.15) is 0 Å². The molecule has 1 aliphatic rings. The first-order valence-corrected chi connectivity index (χ1v) is 6.22. The molecule has 0 amide bonds. The van der Waals surface area contributed by atoms with Gasteiger partial charge in [0, 0.05) is 11.8 Å². The Hall–Kier alpha value is -2.09. The van der Waals surface area contributed by atoms with E-state index in [0.717, 1.165) is 29.2 Å². The average Bonchev–Trinajstić information content (AvgIpc) is 2.56. The van der Waals surface area contributed by atoms with Crippen molar-refractivity contribution < 1.29 is 4.74 Å². The summed E-state index contributed by atoms with van der Waals surface area (Å²) in [5.41, 5.74) is 4.37. The lowest BCUT2D eigenvalue weighted by Gasteiger charge is -2.09. The molecule has 0 fully saturated rings. The van der Waals surface area contributed by atoms with Crippen LogP contribution in [0.5, 0.6) is 11.5 Å². The van der Waals surface area contributed by atoms with Crippen LogP contribution in [0.4, 0.5) is 5.69 Å². The summed E-state index contributed by atoms with van der Waals surface area (Å²) in [6.45, 7) is 4.20. The molecule has 0 atom stereocenters. The Morgan fingerprint density at radius 2 is 1.94 bits per heavy atom. The van der Waals surface area contributed by atoms with Crippen LogP contribution in [0.1, 0.15) is 23.6 Å². The number of nitrogens with zero attached hydrogens (tertiary/aromatic N) is 1. The summed E-state index contributed by atoms with van der Waals surface area (Å²) >= 11 is 0. The van der Waals surface area contributed by atoms with Crippen molar-refractivity contribution in [2.45, 2.75) is 20.3 Å². The number of fused-ring (bicyclic) bond motifs is 2. The third kappa shape index (κ3) is 1.90. The predicted molar refractivity (Wildman–Crippen MR) is 74.3 cm³/mol. The van der Waals surface area contributed by atoms with Crippen molar-refractivity contribution in [2.75, 3.05) is 0 Å². The standard InChI is InChI=1S/C16H15NO/c1-3-12-5-6-13-10-17-14-7-4-11(2)8-16(14)18-15(13)9-12/h4-10H,3H2,1-2H3. The van der Waals surface area contributed by atoms with Gasteiger partial charge in [-0.3, -0.25) is 4.99 Å². The molecule has 0 N–H and O–H groups in total. The molecular formula is C16H15NO. The molecule has 0 aliphatic carbocycles. The van der Waals surface area contributed by atoms with Crippen molar-refractivity contribution in [1.29, 1.82) is 0 Å². The zero-order valence-electron chi connectivity index (χ0n) is 10.6. The van der Waals surface area contributed by atoms with E-state index >= 15 is 0 Å². The molecule has 1 heterocycles. The molecule has 0 saturated carbocycles. The van der Waals surface area contributed by atoms with Crippen LogP contribution in [0, 0.1) is 6.92 Å². The zero-order valence-corrected chi connectivity index (χ0v) is 10.6. The number of ether oxygens (including phenoxy) is 1. The lowest BCUT2D eigenvalue weighted by Crippen LogP contribution is -1.91. The molecule has 2 aromatic rings. The molecule has 0 radical (unpaired) electrons. The second-order valence-electron chi connectivity index (χ2n) is 4.56. The minimum atomic E-state index is 0.832. The lowest BCUT2D eigenvalue weighted by atomic mass is 10.1. The highest BCUT2D eigenvalue weighted by atomic mass is 16.5. The Kier molecular flexibility index (Phi) is 2.63. The highest BCUT2D eigenvalue weighted by Gasteiger charge is 2.12. The molecule has 2 nitrogen and oxygen atoms in total. The Bertz CT molecular complexity index is 629. The van der Waals surface area contributed by atoms with Gasteiger partial charge in [-0.05, 0) is 48.7 Å². The number of rotatable bonds is 1. The maximum Gasteiger partial charge on any atom is 0.153 e. The second kappa shape index (κ2) is 4.30. The van der Waals surface area contributed by atoms with Crippen LogP contribution in [0.25, 0.3) is 0 Å². The van der Waals surface area contributed by atoms with Crippen molar-refractivity contribution in [3.05, 3.63) is 53.1 Å². The first-order chi connectivity index (χ1) is 8.76. The van der Waals surface area contributed by atoms with E-state index in [2.05, 4.69) is 37.0 Å². The van der Waals surface area contributed by atoms with Crippen LogP contribution >= 0.6 is 0 Å². The number of aliphatic imine (C=N–C) groups is 1. The predicted octanol–water partition coefficient (Wildman–Crippen LogP) is 4.41. The van der Waals surface area contributed by atoms with Crippen LogP contribution < -0.4 is 4.74 Å². The number of hydrogen-bond acceptors (Lipinski definition) is 2. The van der Waals surface area contributed by atoms with Crippen molar-refractivity contribution >= 4 is 11.9 Å². The van der Waals surface area contributed by atoms with Gasteiger partial charge in [-0.15, -0.1) is 0 Å². The topological polar surface area (TPSA) is 21.6 Å². The van der Waals surface area contributed by atoms with Gasteiger partial charge in [0.15, 0.2) is 5.75 Å². The van der Waals surface area contributed by atoms with Crippen LogP contribution in [0.3, 0.4) is 0 Å². The highest BCUT2D eigenvalue weighted by molar-refractivity contribution is 5.87. The molecule has 2 aromatic carbocycles. The fourth-order valence-electron chi connectivity index (χ4n) is 2.06. The van der Waals surface area contributed by atoms with Crippen molar-refractivity contribution in [3.63, 3.8) is 0 Å². The molecule has 0 bridgehead atoms. The molecule has 18 heavy (non-hydrogen) atoms. The average molecular weight is 237 g/mol. The van der Waals surface area contributed by atoms with Gasteiger partial charge in [0.05, 0.1) is 0 Å². The summed E-state index contributed by atoms with van der Waals surface area (Å²) in [7, 11) is 0. The largest absolute Gasteiger partial charge is 0.454 e. The molecule has 0 unspecified atom stereocenters. The summed E-state index contributed by atoms with van der Waals surface area (Å²) in [6.07, 6.45) is 2.88. The number of aryl methyl sites for hydroxylation is 2. The minimum absolute atomic E-state index is 0.832. The van der Waals surface area contributed by atoms with E-state index < -0.39 is 0 Å². The molecule has 0 spiro atoms. The summed E-state index contributed by atoms with van der Waals surface area (Å²) in [6, 6.07) is 12.4. The molecular weight excluding hydrogens is 222 g/mol. The summed E-state index contributed by atoms with van der Waals surface area (Å²) < 4.78 is 6.00. The van der Waals surface area contributed by atoms with Crippen molar-refractivity contribution in [2.24, 2.45) is 4.99 Å². The molecule has 2 heteroatoms. The van der Waals surface area contributed by atoms with E-state index in [4.69, 9.17) is 4.74 Å². The Balaban J connectivity index is 2.12. The highest BCUT2D eigenvalue weighted by Crippen LogP contribution is 2.36. The van der Waals surface area contributed by atoms with Crippen LogP contribution in [0.15, 0.2) is 41.4 Å². The maximum atomic E-state index is 6.00. The van der Waals surface area contributed by atoms with Gasteiger partial charge in [-0.25, -0.2) is 0 Å². The fourth-order valence-corrected chi connectivity index (χ4v) is 2.06. The van der Waals surface area contributed by atoms with Gasteiger partial charge < -0.3 is 4.74 Å². The van der Waals surface area contributed by atoms with Gasteiger partial charge in [0.25, 0.3) is 0 Å². The van der Waals surface area contributed by atoms with E-state index in [9.17, 15) is 0 Å². The Morgan fingerprint density at radius 1 is 1.06 bits per heavy atom. The van der Waals surface area contributed by atoms with Gasteiger partial charge in [-0.1, -0.05) is 19.1 Å². The SMILES string of the molecule is CCc1ccc2c(c1)Oc1cc(C)ccc1N=C2. The molecule has 90 valence electrons. The van der Waals surface area contributed by atoms with E-state index in [-0.39, 0.29) is 0 Å². The number of benzene rings is 2. The normalized spacial score (nSPS) is 12.3. The first kappa shape index (κ1) is 11.0. The monoisotopic (exact) mass is 237 g/mol. The van der Waals surface area contributed by atoms with E-state index in [1.165, 1.54) is 11.1 Å². The third-order valence-corrected chi connectivity index (χ3v) is 3.16. The summed E-state index contributed by atoms with van der Waals surface area (Å²) in [5.74, 6) is 1.72. The molecule has 0 saturated heterocycles. The van der Waals surface area contributed by atoms with E-state index in [0.29, 0.717) is 0 Å². The smallest absolute Gasteiger partial charge is 0.153 e. The Labute approximate surface area is 107 Å². The quantitative estimate of drug-likeness (QED) is 0.614. The molecule has 0 aromatic heterocycles. The fraction of sp³-hybridized carbons (Fsp3) is 0.188. The van der Waals surface area contributed by atoms with Crippen LogP contribution in [-0.2, 0) is 6.42 Å². The van der Waals surface area contributed by atoms with Gasteiger partial charge in [0.2, 0.25) is 0 Å². The van der Waals surface area contributed by atoms with Crippen molar-refractivity contribution in [3.8, 4) is 11.5 Å². The molecule has 3 rings (SSSR count). The Morgan fingerprint density at radius 3 is 2.78 bits per heavy atom.